The Balaban J connectivity index is 0.00000420. The summed E-state index contributed by atoms with van der Waals surface area (Å²) < 4.78 is 0. The largest absolute Gasteiger partial charge is 0.368 e. The molecule has 0 bridgehead atoms. The van der Waals surface area contributed by atoms with Gasteiger partial charge in [-0.05, 0) is 32.0 Å². The van der Waals surface area contributed by atoms with E-state index in [-0.39, 0.29) is 36.4 Å². The highest BCUT2D eigenvalue weighted by molar-refractivity contribution is 14.0. The maximum absolute atomic E-state index is 11.7. The van der Waals surface area contributed by atoms with E-state index in [0.29, 0.717) is 5.96 Å². The van der Waals surface area contributed by atoms with Crippen molar-refractivity contribution in [3.05, 3.63) is 29.3 Å². The third-order valence-corrected chi connectivity index (χ3v) is 5.04. The topological polar surface area (TPSA) is 63.2 Å². The van der Waals surface area contributed by atoms with Crippen LogP contribution in [0.2, 0.25) is 5.02 Å². The third-order valence-electron chi connectivity index (χ3n) is 4.72. The zero-order valence-electron chi connectivity index (χ0n) is 17.7. The predicted molar refractivity (Wildman–Crippen MR) is 133 cm³/mol. The second-order valence-electron chi connectivity index (χ2n) is 7.04. The van der Waals surface area contributed by atoms with Crippen LogP contribution in [0.1, 0.15) is 13.3 Å². The van der Waals surface area contributed by atoms with E-state index in [1.165, 1.54) is 0 Å². The fourth-order valence-corrected chi connectivity index (χ4v) is 3.32. The molecule has 1 amide bonds. The Kier molecular flexibility index (Phi) is 12.3. The standard InChI is InChI=1S/C20H33ClN6O.HI/c1-4-22-20(24-16-19(28)25(2)3)23-10-7-11-26-12-14-27(15-13-26)18-9-6-5-8-17(18)21;/h5-6,8-9H,4,7,10-16H2,1-3H3,(H2,22,23,24);1H. The molecule has 2 N–H and O–H groups in total. The number of halogens is 2. The number of nitrogens with zero attached hydrogens (tertiary/aromatic N) is 4. The van der Waals surface area contributed by atoms with Crippen molar-refractivity contribution in [2.24, 2.45) is 4.99 Å². The molecule has 2 rings (SSSR count). The summed E-state index contributed by atoms with van der Waals surface area (Å²) in [6, 6.07) is 8.04. The number of carbonyl (C=O) groups is 1. The van der Waals surface area contributed by atoms with Crippen molar-refractivity contribution < 1.29 is 4.79 Å². The van der Waals surface area contributed by atoms with Crippen LogP contribution in [0.5, 0.6) is 0 Å². The minimum atomic E-state index is -0.00593. The van der Waals surface area contributed by atoms with E-state index in [4.69, 9.17) is 11.6 Å². The molecule has 0 unspecified atom stereocenters. The molecule has 0 aromatic heterocycles. The maximum Gasteiger partial charge on any atom is 0.243 e. The number of aliphatic imine (C=N–C) groups is 1. The zero-order chi connectivity index (χ0) is 20.4. The zero-order valence-corrected chi connectivity index (χ0v) is 20.7. The number of likely N-dealkylation sites (N-methyl/N-ethyl adjacent to an activating group) is 1. The van der Waals surface area contributed by atoms with Gasteiger partial charge in [0.2, 0.25) is 5.91 Å². The van der Waals surface area contributed by atoms with Gasteiger partial charge in [0.05, 0.1) is 10.7 Å². The van der Waals surface area contributed by atoms with Crippen molar-refractivity contribution in [2.45, 2.75) is 13.3 Å². The van der Waals surface area contributed by atoms with Gasteiger partial charge in [0.15, 0.2) is 5.96 Å². The number of benzene rings is 1. The average Bonchev–Trinajstić information content (AvgIpc) is 2.70. The van der Waals surface area contributed by atoms with Crippen LogP contribution in [-0.4, -0.2) is 88.1 Å². The lowest BCUT2D eigenvalue weighted by Gasteiger charge is -2.36. The van der Waals surface area contributed by atoms with Crippen molar-refractivity contribution in [1.29, 1.82) is 0 Å². The number of guanidine groups is 1. The van der Waals surface area contributed by atoms with Gasteiger partial charge >= 0.3 is 0 Å². The van der Waals surface area contributed by atoms with Crippen molar-refractivity contribution in [1.82, 2.24) is 20.4 Å². The first-order valence-corrected chi connectivity index (χ1v) is 10.3. The second-order valence-corrected chi connectivity index (χ2v) is 7.45. The van der Waals surface area contributed by atoms with Crippen LogP contribution in [-0.2, 0) is 4.79 Å². The molecule has 1 aliphatic rings. The lowest BCUT2D eigenvalue weighted by atomic mass is 10.2. The molecular formula is C20H34ClIN6O. The molecule has 1 fully saturated rings. The van der Waals surface area contributed by atoms with E-state index in [2.05, 4.69) is 31.5 Å². The van der Waals surface area contributed by atoms with Crippen LogP contribution in [0.3, 0.4) is 0 Å². The second kappa shape index (κ2) is 13.9. The minimum absolute atomic E-state index is 0. The van der Waals surface area contributed by atoms with E-state index in [0.717, 1.165) is 62.9 Å². The lowest BCUT2D eigenvalue weighted by Crippen LogP contribution is -2.47. The van der Waals surface area contributed by atoms with Crippen molar-refractivity contribution in [3.8, 4) is 0 Å². The first kappa shape index (κ1) is 25.8. The molecule has 1 aliphatic heterocycles. The predicted octanol–water partition coefficient (Wildman–Crippen LogP) is 2.11. The Morgan fingerprint density at radius 2 is 1.86 bits per heavy atom. The number of para-hydroxylation sites is 1. The molecule has 1 aromatic carbocycles. The van der Waals surface area contributed by atoms with Crippen LogP contribution in [0, 0.1) is 0 Å². The average molecular weight is 537 g/mol. The summed E-state index contributed by atoms with van der Waals surface area (Å²) in [5.41, 5.74) is 1.13. The van der Waals surface area contributed by atoms with Gasteiger partial charge in [0, 0.05) is 53.4 Å². The first-order valence-electron chi connectivity index (χ1n) is 9.95. The minimum Gasteiger partial charge on any atom is -0.368 e. The highest BCUT2D eigenvalue weighted by Crippen LogP contribution is 2.25. The molecule has 0 spiro atoms. The fourth-order valence-electron chi connectivity index (χ4n) is 3.06. The van der Waals surface area contributed by atoms with Gasteiger partial charge in [-0.2, -0.15) is 0 Å². The number of piperazine rings is 1. The van der Waals surface area contributed by atoms with E-state index in [9.17, 15) is 4.79 Å². The van der Waals surface area contributed by atoms with Gasteiger partial charge in [-0.25, -0.2) is 4.99 Å². The molecule has 7 nitrogen and oxygen atoms in total. The molecule has 0 saturated carbocycles. The van der Waals surface area contributed by atoms with Gasteiger partial charge in [0.25, 0.3) is 0 Å². The van der Waals surface area contributed by atoms with E-state index in [1.807, 2.05) is 25.1 Å². The Bertz CT molecular complexity index is 650. The van der Waals surface area contributed by atoms with Gasteiger partial charge in [-0.3, -0.25) is 9.69 Å². The maximum atomic E-state index is 11.7. The molecular weight excluding hydrogens is 503 g/mol. The summed E-state index contributed by atoms with van der Waals surface area (Å²) in [7, 11) is 3.48. The summed E-state index contributed by atoms with van der Waals surface area (Å²) in [6.45, 7) is 8.88. The highest BCUT2D eigenvalue weighted by atomic mass is 127. The van der Waals surface area contributed by atoms with Crippen LogP contribution in [0.25, 0.3) is 0 Å². The smallest absolute Gasteiger partial charge is 0.243 e. The number of amides is 1. The van der Waals surface area contributed by atoms with E-state index in [1.54, 1.807) is 19.0 Å². The number of rotatable bonds is 8. The normalized spacial score (nSPS) is 14.9. The van der Waals surface area contributed by atoms with Crippen molar-refractivity contribution in [2.75, 3.05) is 71.4 Å². The SMILES string of the molecule is CCNC(=NCC(=O)N(C)C)NCCCN1CCN(c2ccccc2Cl)CC1.I. The molecule has 0 atom stereocenters. The monoisotopic (exact) mass is 536 g/mol. The Labute approximate surface area is 196 Å². The number of hydrogen-bond acceptors (Lipinski definition) is 4. The number of nitrogens with one attached hydrogen (secondary N) is 2. The van der Waals surface area contributed by atoms with Crippen molar-refractivity contribution >= 4 is 53.1 Å². The summed E-state index contributed by atoms with van der Waals surface area (Å²) in [5, 5.41) is 7.31. The number of anilines is 1. The van der Waals surface area contributed by atoms with Crippen molar-refractivity contribution in [3.63, 3.8) is 0 Å². The Hall–Kier alpha value is -1.26. The molecule has 1 aromatic rings. The van der Waals surface area contributed by atoms with Crippen LogP contribution in [0.4, 0.5) is 5.69 Å². The first-order chi connectivity index (χ1) is 13.5. The Morgan fingerprint density at radius 1 is 1.17 bits per heavy atom. The van der Waals surface area contributed by atoms with Crippen LogP contribution >= 0.6 is 35.6 Å². The highest BCUT2D eigenvalue weighted by Gasteiger charge is 2.18. The van der Waals surface area contributed by atoms with Crippen LogP contribution in [0.15, 0.2) is 29.3 Å². The summed E-state index contributed by atoms with van der Waals surface area (Å²) in [6.07, 6.45) is 1.03. The quantitative estimate of drug-likeness (QED) is 0.231. The van der Waals surface area contributed by atoms with E-state index >= 15 is 0 Å². The fraction of sp³-hybridized carbons (Fsp3) is 0.600. The number of carbonyl (C=O) groups excluding carboxylic acids is 1. The Morgan fingerprint density at radius 3 is 2.48 bits per heavy atom. The molecule has 1 saturated heterocycles. The molecule has 29 heavy (non-hydrogen) atoms. The molecule has 0 aliphatic carbocycles. The lowest BCUT2D eigenvalue weighted by molar-refractivity contribution is -0.127. The van der Waals surface area contributed by atoms with Crippen LogP contribution < -0.4 is 15.5 Å². The summed E-state index contributed by atoms with van der Waals surface area (Å²) in [4.78, 5) is 22.4. The van der Waals surface area contributed by atoms with Gasteiger partial charge in [-0.1, -0.05) is 23.7 Å². The third kappa shape index (κ3) is 8.96. The summed E-state index contributed by atoms with van der Waals surface area (Å²) in [5.74, 6) is 0.690. The number of hydrogen-bond donors (Lipinski definition) is 2. The van der Waals surface area contributed by atoms with Gasteiger partial charge < -0.3 is 20.4 Å². The molecule has 164 valence electrons. The molecule has 1 heterocycles. The van der Waals surface area contributed by atoms with Gasteiger partial charge in [0.1, 0.15) is 6.54 Å². The van der Waals surface area contributed by atoms with E-state index < -0.39 is 0 Å². The molecule has 9 heteroatoms. The molecule has 0 radical (unpaired) electrons. The summed E-state index contributed by atoms with van der Waals surface area (Å²) >= 11 is 6.31. The van der Waals surface area contributed by atoms with Gasteiger partial charge in [-0.15, -0.1) is 24.0 Å².